The third-order valence-corrected chi connectivity index (χ3v) is 6.30. The van der Waals surface area contributed by atoms with Crippen LogP contribution in [0, 0.1) is 5.92 Å². The Hall–Kier alpha value is -2.38. The van der Waals surface area contributed by atoms with Crippen molar-refractivity contribution in [3.05, 3.63) is 66.2 Å². The van der Waals surface area contributed by atoms with Gasteiger partial charge in [0, 0.05) is 5.69 Å². The fourth-order valence-corrected chi connectivity index (χ4v) is 4.45. The second kappa shape index (κ2) is 8.54. The van der Waals surface area contributed by atoms with E-state index in [0.29, 0.717) is 11.7 Å². The molecule has 5 nitrogen and oxygen atoms in total. The monoisotopic (exact) mass is 396 g/mol. The van der Waals surface area contributed by atoms with E-state index in [9.17, 15) is 4.79 Å². The van der Waals surface area contributed by atoms with Gasteiger partial charge in [0.25, 0.3) is 0 Å². The SMILES string of the molecule is O=C(CSc1nnc(Nc2ccccc2)s1)NC(c1ccccc1)C1CC1. The molecule has 1 aromatic heterocycles. The van der Waals surface area contributed by atoms with Gasteiger partial charge in [-0.2, -0.15) is 0 Å². The van der Waals surface area contributed by atoms with Crippen LogP contribution in [0.5, 0.6) is 0 Å². The topological polar surface area (TPSA) is 66.9 Å². The number of thioether (sulfide) groups is 1. The minimum atomic E-state index is 0.0357. The molecule has 3 aromatic rings. The highest BCUT2D eigenvalue weighted by Crippen LogP contribution is 2.41. The van der Waals surface area contributed by atoms with Crippen molar-refractivity contribution < 1.29 is 4.79 Å². The normalized spacial score (nSPS) is 14.5. The second-order valence-corrected chi connectivity index (χ2v) is 8.65. The van der Waals surface area contributed by atoms with Gasteiger partial charge in [-0.3, -0.25) is 4.79 Å². The maximum Gasteiger partial charge on any atom is 0.230 e. The third-order valence-electron chi connectivity index (χ3n) is 4.33. The quantitative estimate of drug-likeness (QED) is 0.543. The highest BCUT2D eigenvalue weighted by atomic mass is 32.2. The Morgan fingerprint density at radius 1 is 1.07 bits per heavy atom. The first-order valence-corrected chi connectivity index (χ1v) is 10.7. The van der Waals surface area contributed by atoms with Crippen LogP contribution in [0.25, 0.3) is 0 Å². The summed E-state index contributed by atoms with van der Waals surface area (Å²) in [6, 6.07) is 20.2. The van der Waals surface area contributed by atoms with Crippen LogP contribution < -0.4 is 10.6 Å². The van der Waals surface area contributed by atoms with Gasteiger partial charge in [0.15, 0.2) is 4.34 Å². The van der Waals surface area contributed by atoms with E-state index in [0.717, 1.165) is 15.2 Å². The summed E-state index contributed by atoms with van der Waals surface area (Å²) in [6.07, 6.45) is 2.36. The zero-order valence-electron chi connectivity index (χ0n) is 14.7. The summed E-state index contributed by atoms with van der Waals surface area (Å²) in [7, 11) is 0. The summed E-state index contributed by atoms with van der Waals surface area (Å²) in [5.41, 5.74) is 2.15. The molecule has 0 bridgehead atoms. The van der Waals surface area contributed by atoms with Crippen molar-refractivity contribution in [1.29, 1.82) is 0 Å². The minimum absolute atomic E-state index is 0.0357. The van der Waals surface area contributed by atoms with E-state index in [1.54, 1.807) is 0 Å². The predicted octanol–water partition coefficient (Wildman–Crippen LogP) is 4.64. The molecule has 138 valence electrons. The maximum atomic E-state index is 12.4. The van der Waals surface area contributed by atoms with E-state index < -0.39 is 0 Å². The van der Waals surface area contributed by atoms with E-state index in [2.05, 4.69) is 33.0 Å². The summed E-state index contributed by atoms with van der Waals surface area (Å²) in [4.78, 5) is 12.4. The Kier molecular flexibility index (Phi) is 5.69. The van der Waals surface area contributed by atoms with Gasteiger partial charge in [-0.1, -0.05) is 71.6 Å². The first-order chi connectivity index (χ1) is 13.3. The molecule has 27 heavy (non-hydrogen) atoms. The van der Waals surface area contributed by atoms with Crippen molar-refractivity contribution in [3.8, 4) is 0 Å². The highest BCUT2D eigenvalue weighted by Gasteiger charge is 2.33. The Bertz CT molecular complexity index is 881. The Morgan fingerprint density at radius 2 is 1.78 bits per heavy atom. The lowest BCUT2D eigenvalue weighted by molar-refractivity contribution is -0.119. The molecule has 1 amide bonds. The van der Waals surface area contributed by atoms with Crippen molar-refractivity contribution >= 4 is 39.8 Å². The molecule has 1 aliphatic rings. The number of carbonyl (C=O) groups excluding carboxylic acids is 1. The van der Waals surface area contributed by atoms with Crippen LogP contribution in [0.15, 0.2) is 65.0 Å². The number of benzene rings is 2. The summed E-state index contributed by atoms with van der Waals surface area (Å²) >= 11 is 2.88. The summed E-state index contributed by atoms with van der Waals surface area (Å²) < 4.78 is 0.784. The summed E-state index contributed by atoms with van der Waals surface area (Å²) in [5, 5.41) is 15.4. The number of aromatic nitrogens is 2. The Morgan fingerprint density at radius 3 is 2.48 bits per heavy atom. The van der Waals surface area contributed by atoms with Crippen LogP contribution in [0.1, 0.15) is 24.4 Å². The average Bonchev–Trinajstić information content (AvgIpc) is 3.45. The molecule has 0 saturated heterocycles. The number of anilines is 2. The lowest BCUT2D eigenvalue weighted by Crippen LogP contribution is -2.31. The number of rotatable bonds is 8. The zero-order chi connectivity index (χ0) is 18.5. The van der Waals surface area contributed by atoms with Gasteiger partial charge in [-0.05, 0) is 36.5 Å². The van der Waals surface area contributed by atoms with Crippen molar-refractivity contribution in [1.82, 2.24) is 15.5 Å². The number of hydrogen-bond acceptors (Lipinski definition) is 6. The van der Waals surface area contributed by atoms with Gasteiger partial charge in [-0.25, -0.2) is 0 Å². The third kappa shape index (κ3) is 5.08. The van der Waals surface area contributed by atoms with Gasteiger partial charge in [-0.15, -0.1) is 10.2 Å². The molecular formula is C20H20N4OS2. The largest absolute Gasteiger partial charge is 0.348 e. The van der Waals surface area contributed by atoms with Crippen molar-refractivity contribution in [3.63, 3.8) is 0 Å². The van der Waals surface area contributed by atoms with Crippen LogP contribution in [0.4, 0.5) is 10.8 Å². The molecule has 0 aliphatic heterocycles. The summed E-state index contributed by atoms with van der Waals surface area (Å²) in [6.45, 7) is 0. The summed E-state index contributed by atoms with van der Waals surface area (Å²) in [5.74, 6) is 0.939. The van der Waals surface area contributed by atoms with Gasteiger partial charge >= 0.3 is 0 Å². The molecule has 1 fully saturated rings. The van der Waals surface area contributed by atoms with Crippen LogP contribution in [-0.4, -0.2) is 21.9 Å². The number of hydrogen-bond donors (Lipinski definition) is 2. The van der Waals surface area contributed by atoms with Crippen molar-refractivity contribution in [2.75, 3.05) is 11.1 Å². The first-order valence-electron chi connectivity index (χ1n) is 8.90. The molecule has 1 heterocycles. The van der Waals surface area contributed by atoms with E-state index >= 15 is 0 Å². The van der Waals surface area contributed by atoms with Crippen LogP contribution in [0.3, 0.4) is 0 Å². The molecule has 1 atom stereocenters. The van der Waals surface area contributed by atoms with Gasteiger partial charge in [0.1, 0.15) is 0 Å². The molecule has 1 saturated carbocycles. The van der Waals surface area contributed by atoms with Gasteiger partial charge in [0.05, 0.1) is 11.8 Å². The van der Waals surface area contributed by atoms with Crippen molar-refractivity contribution in [2.24, 2.45) is 5.92 Å². The first kappa shape index (κ1) is 18.0. The van der Waals surface area contributed by atoms with E-state index in [-0.39, 0.29) is 11.9 Å². The number of amides is 1. The fourth-order valence-electron chi connectivity index (χ4n) is 2.87. The van der Waals surface area contributed by atoms with Gasteiger partial charge in [0.2, 0.25) is 11.0 Å². The van der Waals surface area contributed by atoms with Crippen LogP contribution >= 0.6 is 23.1 Å². The molecule has 2 N–H and O–H groups in total. The Labute approximate surface area is 166 Å². The zero-order valence-corrected chi connectivity index (χ0v) is 16.3. The van der Waals surface area contributed by atoms with E-state index in [1.165, 1.54) is 41.5 Å². The standard InChI is InChI=1S/C20H20N4OS2/c25-17(22-18(15-11-12-15)14-7-3-1-4-8-14)13-26-20-24-23-19(27-20)21-16-9-5-2-6-10-16/h1-10,15,18H,11-13H2,(H,21,23)(H,22,25). The number of nitrogens with one attached hydrogen (secondary N) is 2. The molecule has 1 aliphatic carbocycles. The highest BCUT2D eigenvalue weighted by molar-refractivity contribution is 8.01. The number of nitrogens with zero attached hydrogens (tertiary/aromatic N) is 2. The minimum Gasteiger partial charge on any atom is -0.348 e. The van der Waals surface area contributed by atoms with Crippen LogP contribution in [0.2, 0.25) is 0 Å². The molecule has 2 aromatic carbocycles. The lowest BCUT2D eigenvalue weighted by Gasteiger charge is -2.18. The molecule has 1 unspecified atom stereocenters. The molecule has 0 spiro atoms. The van der Waals surface area contributed by atoms with E-state index in [4.69, 9.17) is 0 Å². The molecular weight excluding hydrogens is 376 g/mol. The molecule has 0 radical (unpaired) electrons. The molecule has 7 heteroatoms. The lowest BCUT2D eigenvalue weighted by atomic mass is 10.0. The Balaban J connectivity index is 1.30. The van der Waals surface area contributed by atoms with Gasteiger partial charge < -0.3 is 10.6 Å². The number of para-hydroxylation sites is 1. The van der Waals surface area contributed by atoms with Crippen LogP contribution in [-0.2, 0) is 4.79 Å². The van der Waals surface area contributed by atoms with Crippen molar-refractivity contribution in [2.45, 2.75) is 23.2 Å². The maximum absolute atomic E-state index is 12.4. The van der Waals surface area contributed by atoms with E-state index in [1.807, 2.05) is 48.5 Å². The predicted molar refractivity (Wildman–Crippen MR) is 110 cm³/mol. The smallest absolute Gasteiger partial charge is 0.230 e. The molecule has 4 rings (SSSR count). The fraction of sp³-hybridized carbons (Fsp3) is 0.250. The number of carbonyl (C=O) groups is 1. The average molecular weight is 397 g/mol. The second-order valence-electron chi connectivity index (χ2n) is 6.45.